The average molecular weight is 311 g/mol. The van der Waals surface area contributed by atoms with Crippen LogP contribution in [0.15, 0.2) is 12.4 Å². The van der Waals surface area contributed by atoms with Crippen molar-refractivity contribution in [3.05, 3.63) is 18.0 Å². The molecule has 1 unspecified atom stereocenters. The van der Waals surface area contributed by atoms with Gasteiger partial charge in [-0.15, -0.1) is 12.4 Å². The van der Waals surface area contributed by atoms with Gasteiger partial charge >= 0.3 is 0 Å². The quantitative estimate of drug-likeness (QED) is 0.898. The molecule has 1 aromatic heterocycles. The SMILES string of the molecule is Cc1cnn(C(C)C(=O)N2[C@@H]3CC[C@H]2[C@H]2CNC[C@H]23)c1.Cl. The first-order valence-electron chi connectivity index (χ1n) is 7.70. The van der Waals surface area contributed by atoms with Crippen molar-refractivity contribution in [1.29, 1.82) is 0 Å². The molecule has 6 heteroatoms. The van der Waals surface area contributed by atoms with Crippen molar-refractivity contribution in [1.82, 2.24) is 20.0 Å². The monoisotopic (exact) mass is 310 g/mol. The molecule has 0 aromatic carbocycles. The summed E-state index contributed by atoms with van der Waals surface area (Å²) in [5.74, 6) is 1.63. The van der Waals surface area contributed by atoms with Crippen LogP contribution in [-0.2, 0) is 4.79 Å². The van der Waals surface area contributed by atoms with Gasteiger partial charge in [0.25, 0.3) is 0 Å². The fraction of sp³-hybridized carbons (Fsp3) is 0.733. The van der Waals surface area contributed by atoms with Crippen LogP contribution in [0.4, 0.5) is 0 Å². The number of aromatic nitrogens is 2. The molecule has 0 saturated carbocycles. The van der Waals surface area contributed by atoms with E-state index in [9.17, 15) is 4.79 Å². The van der Waals surface area contributed by atoms with Crippen molar-refractivity contribution in [3.8, 4) is 0 Å². The first-order chi connectivity index (χ1) is 9.66. The molecule has 5 nitrogen and oxygen atoms in total. The van der Waals surface area contributed by atoms with Crippen LogP contribution in [0, 0.1) is 18.8 Å². The zero-order chi connectivity index (χ0) is 13.9. The summed E-state index contributed by atoms with van der Waals surface area (Å²) in [5.41, 5.74) is 1.11. The third-order valence-corrected chi connectivity index (χ3v) is 5.51. The number of carbonyl (C=O) groups is 1. The van der Waals surface area contributed by atoms with E-state index in [2.05, 4.69) is 15.3 Å². The summed E-state index contributed by atoms with van der Waals surface area (Å²) >= 11 is 0. The maximum Gasteiger partial charge on any atom is 0.247 e. The summed E-state index contributed by atoms with van der Waals surface area (Å²) in [4.78, 5) is 15.1. The van der Waals surface area contributed by atoms with Crippen molar-refractivity contribution >= 4 is 18.3 Å². The predicted molar refractivity (Wildman–Crippen MR) is 82.4 cm³/mol. The first-order valence-corrected chi connectivity index (χ1v) is 7.70. The van der Waals surface area contributed by atoms with Crippen molar-refractivity contribution in [2.45, 2.75) is 44.8 Å². The van der Waals surface area contributed by atoms with E-state index in [-0.39, 0.29) is 24.4 Å². The van der Waals surface area contributed by atoms with E-state index in [1.807, 2.05) is 30.9 Å². The molecule has 0 radical (unpaired) electrons. The van der Waals surface area contributed by atoms with Gasteiger partial charge in [-0.3, -0.25) is 9.48 Å². The summed E-state index contributed by atoms with van der Waals surface area (Å²) in [6.07, 6.45) is 6.15. The molecule has 4 rings (SSSR count). The maximum atomic E-state index is 12.9. The zero-order valence-electron chi connectivity index (χ0n) is 12.5. The zero-order valence-corrected chi connectivity index (χ0v) is 13.3. The van der Waals surface area contributed by atoms with E-state index < -0.39 is 0 Å². The van der Waals surface area contributed by atoms with E-state index in [4.69, 9.17) is 0 Å². The Morgan fingerprint density at radius 2 is 1.95 bits per heavy atom. The second-order valence-electron chi connectivity index (χ2n) is 6.62. The Morgan fingerprint density at radius 1 is 1.33 bits per heavy atom. The van der Waals surface area contributed by atoms with Crippen LogP contribution in [0.5, 0.6) is 0 Å². The number of rotatable bonds is 2. The van der Waals surface area contributed by atoms with Crippen molar-refractivity contribution in [2.75, 3.05) is 13.1 Å². The van der Waals surface area contributed by atoms with Crippen molar-refractivity contribution in [3.63, 3.8) is 0 Å². The van der Waals surface area contributed by atoms with Gasteiger partial charge in [0, 0.05) is 31.4 Å². The number of nitrogens with one attached hydrogen (secondary N) is 1. The number of halogens is 1. The fourth-order valence-electron chi connectivity index (χ4n) is 4.57. The van der Waals surface area contributed by atoms with Crippen LogP contribution in [0.3, 0.4) is 0 Å². The summed E-state index contributed by atoms with van der Waals surface area (Å²) in [6, 6.07) is 0.747. The van der Waals surface area contributed by atoms with Crippen LogP contribution in [-0.4, -0.2) is 45.8 Å². The number of aryl methyl sites for hydroxylation is 1. The van der Waals surface area contributed by atoms with E-state index in [1.54, 1.807) is 0 Å². The molecule has 3 aliphatic heterocycles. The number of amides is 1. The molecule has 116 valence electrons. The van der Waals surface area contributed by atoms with Crippen LogP contribution >= 0.6 is 12.4 Å². The van der Waals surface area contributed by atoms with Gasteiger partial charge in [0.15, 0.2) is 0 Å². The molecule has 21 heavy (non-hydrogen) atoms. The fourth-order valence-corrected chi connectivity index (χ4v) is 4.57. The summed E-state index contributed by atoms with van der Waals surface area (Å²) in [5, 5.41) is 7.80. The Hall–Kier alpha value is -1.07. The van der Waals surface area contributed by atoms with Gasteiger partial charge in [0.2, 0.25) is 5.91 Å². The number of nitrogens with zero attached hydrogens (tertiary/aromatic N) is 3. The Bertz CT molecular complexity index is 528. The summed E-state index contributed by atoms with van der Waals surface area (Å²) in [6.45, 7) is 6.16. The minimum Gasteiger partial charge on any atom is -0.334 e. The van der Waals surface area contributed by atoms with Crippen LogP contribution in [0.1, 0.15) is 31.4 Å². The average Bonchev–Trinajstić information content (AvgIpc) is 3.17. The summed E-state index contributed by atoms with van der Waals surface area (Å²) < 4.78 is 1.81. The molecule has 4 heterocycles. The van der Waals surface area contributed by atoms with Gasteiger partial charge in [-0.25, -0.2) is 0 Å². The van der Waals surface area contributed by atoms with Gasteiger partial charge in [-0.1, -0.05) is 0 Å². The first kappa shape index (κ1) is 14.9. The smallest absolute Gasteiger partial charge is 0.247 e. The molecule has 3 fully saturated rings. The highest BCUT2D eigenvalue weighted by Crippen LogP contribution is 2.47. The lowest BCUT2D eigenvalue weighted by Gasteiger charge is -2.27. The molecular formula is C15H23ClN4O. The largest absolute Gasteiger partial charge is 0.334 e. The van der Waals surface area contributed by atoms with Gasteiger partial charge in [-0.05, 0) is 44.1 Å². The van der Waals surface area contributed by atoms with E-state index >= 15 is 0 Å². The highest BCUT2D eigenvalue weighted by Gasteiger charge is 2.56. The molecule has 2 bridgehead atoms. The molecule has 0 aliphatic carbocycles. The Kier molecular flexibility index (Phi) is 3.74. The Balaban J connectivity index is 0.00000132. The minimum absolute atomic E-state index is 0. The Morgan fingerprint density at radius 3 is 2.48 bits per heavy atom. The molecule has 1 N–H and O–H groups in total. The second kappa shape index (κ2) is 5.29. The van der Waals surface area contributed by atoms with Gasteiger partial charge < -0.3 is 10.2 Å². The number of carbonyl (C=O) groups excluding carboxylic acids is 1. The lowest BCUT2D eigenvalue weighted by Crippen LogP contribution is -2.42. The van der Waals surface area contributed by atoms with Crippen LogP contribution in [0.2, 0.25) is 0 Å². The van der Waals surface area contributed by atoms with Crippen LogP contribution < -0.4 is 5.32 Å². The van der Waals surface area contributed by atoms with E-state index in [0.29, 0.717) is 23.9 Å². The third kappa shape index (κ3) is 2.09. The van der Waals surface area contributed by atoms with Crippen molar-refractivity contribution in [2.24, 2.45) is 11.8 Å². The number of hydrogen-bond acceptors (Lipinski definition) is 3. The topological polar surface area (TPSA) is 50.2 Å². The molecule has 1 aromatic rings. The maximum absolute atomic E-state index is 12.9. The van der Waals surface area contributed by atoms with E-state index in [0.717, 1.165) is 18.7 Å². The standard InChI is InChI=1S/C15H22N4O.ClH/c1-9-5-17-18(8-9)10(2)15(20)19-13-3-4-14(19)12-7-16-6-11(12)13;/h5,8,10-14,16H,3-4,6-7H2,1-2H3;1H/t10?,11-,12+,13-,14+;. The molecule has 3 aliphatic rings. The van der Waals surface area contributed by atoms with Crippen LogP contribution in [0.25, 0.3) is 0 Å². The minimum atomic E-state index is -0.182. The molecular weight excluding hydrogens is 288 g/mol. The molecule has 3 saturated heterocycles. The highest BCUT2D eigenvalue weighted by atomic mass is 35.5. The highest BCUT2D eigenvalue weighted by molar-refractivity contribution is 5.85. The molecule has 1 amide bonds. The van der Waals surface area contributed by atoms with E-state index in [1.165, 1.54) is 12.8 Å². The predicted octanol–water partition coefficient (Wildman–Crippen LogP) is 1.38. The second-order valence-corrected chi connectivity index (χ2v) is 6.62. The number of hydrogen-bond donors (Lipinski definition) is 1. The normalized spacial score (nSPS) is 34.7. The van der Waals surface area contributed by atoms with Gasteiger partial charge in [-0.2, -0.15) is 5.10 Å². The summed E-state index contributed by atoms with van der Waals surface area (Å²) in [7, 11) is 0. The lowest BCUT2D eigenvalue weighted by molar-refractivity contribution is -0.136. The Labute approximate surface area is 131 Å². The molecule has 0 spiro atoms. The number of fused-ring (bicyclic) bond motifs is 5. The van der Waals surface area contributed by atoms with Gasteiger partial charge in [0.05, 0.1) is 6.20 Å². The van der Waals surface area contributed by atoms with Gasteiger partial charge in [0.1, 0.15) is 6.04 Å². The third-order valence-electron chi connectivity index (χ3n) is 5.51. The lowest BCUT2D eigenvalue weighted by atomic mass is 9.82. The van der Waals surface area contributed by atoms with Crippen molar-refractivity contribution < 1.29 is 4.79 Å². The molecule has 5 atom stereocenters.